The molecule has 1 amide bonds. The van der Waals surface area contributed by atoms with E-state index in [2.05, 4.69) is 10.5 Å². The van der Waals surface area contributed by atoms with Crippen molar-refractivity contribution in [3.63, 3.8) is 0 Å². The summed E-state index contributed by atoms with van der Waals surface area (Å²) in [6.45, 7) is 2.17. The van der Waals surface area contributed by atoms with Crippen molar-refractivity contribution in [1.82, 2.24) is 5.43 Å². The van der Waals surface area contributed by atoms with Crippen LogP contribution in [0.5, 0.6) is 11.5 Å². The molecule has 0 aliphatic carbocycles. The van der Waals surface area contributed by atoms with E-state index in [9.17, 15) is 9.59 Å². The molecule has 0 bridgehead atoms. The fraction of sp³-hybridized carbons (Fsp3) is 0.0606. The van der Waals surface area contributed by atoms with E-state index in [1.807, 2.05) is 43.3 Å². The number of hydrogen-bond acceptors (Lipinski definition) is 5. The second kappa shape index (κ2) is 12.7. The van der Waals surface area contributed by atoms with Crippen LogP contribution in [0, 0.1) is 6.92 Å². The molecule has 6 nitrogen and oxygen atoms in total. The number of carbonyl (C=O) groups excluding carboxylic acids is 2. The van der Waals surface area contributed by atoms with Gasteiger partial charge in [-0.1, -0.05) is 77.3 Å². The van der Waals surface area contributed by atoms with Crippen LogP contribution in [0.1, 0.15) is 37.4 Å². The monoisotopic (exact) mass is 582 g/mol. The van der Waals surface area contributed by atoms with Gasteiger partial charge < -0.3 is 9.47 Å². The fourth-order valence-electron chi connectivity index (χ4n) is 4.15. The van der Waals surface area contributed by atoms with Gasteiger partial charge in [-0.2, -0.15) is 5.10 Å². The van der Waals surface area contributed by atoms with Gasteiger partial charge in [0.1, 0.15) is 18.1 Å². The number of hydrogen-bond donors (Lipinski definition) is 1. The summed E-state index contributed by atoms with van der Waals surface area (Å²) in [5.41, 5.74) is 5.69. The smallest absolute Gasteiger partial charge is 0.343 e. The summed E-state index contributed by atoms with van der Waals surface area (Å²) in [6, 6.07) is 30.3. The molecule has 5 aromatic carbocycles. The minimum atomic E-state index is -0.483. The minimum Gasteiger partial charge on any atom is -0.489 e. The Bertz CT molecular complexity index is 1770. The number of hydrazone groups is 1. The van der Waals surface area contributed by atoms with E-state index < -0.39 is 11.9 Å². The summed E-state index contributed by atoms with van der Waals surface area (Å²) < 4.78 is 11.5. The van der Waals surface area contributed by atoms with E-state index in [-0.39, 0.29) is 6.61 Å². The highest BCUT2D eigenvalue weighted by molar-refractivity contribution is 6.35. The van der Waals surface area contributed by atoms with Crippen LogP contribution in [0.2, 0.25) is 10.0 Å². The zero-order valence-electron chi connectivity index (χ0n) is 21.9. The third-order valence-electron chi connectivity index (χ3n) is 6.27. The molecule has 0 spiro atoms. The van der Waals surface area contributed by atoms with Crippen LogP contribution in [0.25, 0.3) is 10.8 Å². The maximum Gasteiger partial charge on any atom is 0.343 e. The number of benzene rings is 5. The molecule has 0 radical (unpaired) electrons. The standard InChI is InChI=1S/C33H24Cl2N2O4/c1-21-5-4-7-24(17-21)33(39)41-31-16-12-22-6-2-3-8-28(22)29(31)19-36-37-32(38)23-10-14-27(15-11-23)40-20-25-9-13-26(34)18-30(25)35/h2-19H,20H2,1H3,(H,37,38)/b36-19-. The van der Waals surface area contributed by atoms with E-state index >= 15 is 0 Å². The van der Waals surface area contributed by atoms with E-state index in [1.165, 1.54) is 6.21 Å². The van der Waals surface area contributed by atoms with Crippen molar-refractivity contribution < 1.29 is 19.1 Å². The van der Waals surface area contributed by atoms with Crippen molar-refractivity contribution in [2.75, 3.05) is 0 Å². The van der Waals surface area contributed by atoms with Gasteiger partial charge in [0.05, 0.1) is 11.8 Å². The Kier molecular flexibility index (Phi) is 8.63. The van der Waals surface area contributed by atoms with Crippen LogP contribution in [0.15, 0.2) is 108 Å². The number of rotatable bonds is 8. The first-order valence-electron chi connectivity index (χ1n) is 12.7. The lowest BCUT2D eigenvalue weighted by molar-refractivity contribution is 0.0734. The highest BCUT2D eigenvalue weighted by Crippen LogP contribution is 2.28. The largest absolute Gasteiger partial charge is 0.489 e. The summed E-state index contributed by atoms with van der Waals surface area (Å²) >= 11 is 12.1. The molecule has 0 aromatic heterocycles. The fourth-order valence-corrected chi connectivity index (χ4v) is 4.61. The Balaban J connectivity index is 1.28. The Morgan fingerprint density at radius 2 is 1.66 bits per heavy atom. The van der Waals surface area contributed by atoms with E-state index in [0.717, 1.165) is 21.9 Å². The number of aryl methyl sites for hydroxylation is 1. The Morgan fingerprint density at radius 3 is 2.44 bits per heavy atom. The van der Waals surface area contributed by atoms with Crippen molar-refractivity contribution in [1.29, 1.82) is 0 Å². The molecule has 0 fully saturated rings. The second-order valence-corrected chi connectivity index (χ2v) is 10.0. The Morgan fingerprint density at radius 1 is 0.854 bits per heavy atom. The van der Waals surface area contributed by atoms with Crippen molar-refractivity contribution in [2.45, 2.75) is 13.5 Å². The van der Waals surface area contributed by atoms with E-state index in [1.54, 1.807) is 66.7 Å². The quantitative estimate of drug-likeness (QED) is 0.0869. The number of nitrogens with zero attached hydrogens (tertiary/aromatic N) is 1. The van der Waals surface area contributed by atoms with Gasteiger partial charge in [0.15, 0.2) is 0 Å². The molecule has 41 heavy (non-hydrogen) atoms. The first-order chi connectivity index (χ1) is 19.9. The summed E-state index contributed by atoms with van der Waals surface area (Å²) in [5, 5.41) is 6.99. The predicted molar refractivity (Wildman–Crippen MR) is 162 cm³/mol. The third kappa shape index (κ3) is 6.92. The maximum absolute atomic E-state index is 12.8. The van der Waals surface area contributed by atoms with Gasteiger partial charge in [0.25, 0.3) is 5.91 Å². The molecule has 5 rings (SSSR count). The molecule has 0 atom stereocenters. The predicted octanol–water partition coefficient (Wildman–Crippen LogP) is 8.02. The molecule has 0 heterocycles. The number of amides is 1. The Hall–Kier alpha value is -4.65. The van der Waals surface area contributed by atoms with Crippen molar-refractivity contribution in [3.8, 4) is 11.5 Å². The zero-order valence-corrected chi connectivity index (χ0v) is 23.4. The molecule has 0 saturated carbocycles. The lowest BCUT2D eigenvalue weighted by atomic mass is 10.0. The molecule has 0 unspecified atom stereocenters. The molecule has 0 aliphatic rings. The molecular formula is C33H24Cl2N2O4. The number of esters is 1. The van der Waals surface area contributed by atoms with E-state index in [0.29, 0.717) is 38.2 Å². The van der Waals surface area contributed by atoms with Crippen molar-refractivity contribution in [2.24, 2.45) is 5.10 Å². The molecule has 0 saturated heterocycles. The topological polar surface area (TPSA) is 77.0 Å². The van der Waals surface area contributed by atoms with Gasteiger partial charge in [-0.15, -0.1) is 0 Å². The number of carbonyl (C=O) groups is 2. The first kappa shape index (κ1) is 27.9. The zero-order chi connectivity index (χ0) is 28.8. The summed E-state index contributed by atoms with van der Waals surface area (Å²) in [7, 11) is 0. The molecule has 0 aliphatic heterocycles. The third-order valence-corrected chi connectivity index (χ3v) is 6.86. The number of nitrogens with one attached hydrogen (secondary N) is 1. The van der Waals surface area contributed by atoms with Crippen LogP contribution in [-0.4, -0.2) is 18.1 Å². The summed E-state index contributed by atoms with van der Waals surface area (Å²) in [5.74, 6) is 0.0118. The molecule has 204 valence electrons. The van der Waals surface area contributed by atoms with E-state index in [4.69, 9.17) is 32.7 Å². The summed E-state index contributed by atoms with van der Waals surface area (Å²) in [4.78, 5) is 25.6. The van der Waals surface area contributed by atoms with Gasteiger partial charge in [-0.3, -0.25) is 4.79 Å². The SMILES string of the molecule is Cc1cccc(C(=O)Oc2ccc3ccccc3c2/C=N\NC(=O)c2ccc(OCc3ccc(Cl)cc3Cl)cc2)c1. The van der Waals surface area contributed by atoms with Crippen LogP contribution >= 0.6 is 23.2 Å². The van der Waals surface area contributed by atoms with Crippen LogP contribution < -0.4 is 14.9 Å². The Labute approximate surface area is 247 Å². The van der Waals surface area contributed by atoms with Gasteiger partial charge in [0, 0.05) is 26.7 Å². The summed E-state index contributed by atoms with van der Waals surface area (Å²) in [6.07, 6.45) is 1.48. The average molecular weight is 583 g/mol. The minimum absolute atomic E-state index is 0.258. The van der Waals surface area contributed by atoms with Gasteiger partial charge in [0.2, 0.25) is 0 Å². The average Bonchev–Trinajstić information content (AvgIpc) is 2.97. The number of halogens is 2. The lowest BCUT2D eigenvalue weighted by Gasteiger charge is -2.11. The number of fused-ring (bicyclic) bond motifs is 1. The van der Waals surface area contributed by atoms with Gasteiger partial charge in [-0.05, 0) is 72.3 Å². The van der Waals surface area contributed by atoms with Crippen LogP contribution in [0.4, 0.5) is 0 Å². The molecule has 8 heteroatoms. The van der Waals surface area contributed by atoms with Crippen molar-refractivity contribution in [3.05, 3.63) is 141 Å². The second-order valence-electron chi connectivity index (χ2n) is 9.21. The van der Waals surface area contributed by atoms with Crippen molar-refractivity contribution >= 4 is 52.1 Å². The number of ether oxygens (including phenoxy) is 2. The molecule has 1 N–H and O–H groups in total. The van der Waals surface area contributed by atoms with Gasteiger partial charge in [-0.25, -0.2) is 10.2 Å². The highest BCUT2D eigenvalue weighted by atomic mass is 35.5. The highest BCUT2D eigenvalue weighted by Gasteiger charge is 2.14. The normalized spacial score (nSPS) is 11.0. The lowest BCUT2D eigenvalue weighted by Crippen LogP contribution is -2.17. The van der Waals surface area contributed by atoms with Gasteiger partial charge >= 0.3 is 5.97 Å². The van der Waals surface area contributed by atoms with Crippen LogP contribution in [0.3, 0.4) is 0 Å². The first-order valence-corrected chi connectivity index (χ1v) is 13.4. The molecular weight excluding hydrogens is 559 g/mol. The molecule has 5 aromatic rings. The van der Waals surface area contributed by atoms with Crippen LogP contribution in [-0.2, 0) is 6.61 Å². The maximum atomic E-state index is 12.8.